The van der Waals surface area contributed by atoms with E-state index in [4.69, 9.17) is 10.8 Å². The third-order valence-corrected chi connectivity index (χ3v) is 2.82. The van der Waals surface area contributed by atoms with Crippen LogP contribution in [0, 0.1) is 0 Å². The van der Waals surface area contributed by atoms with Gasteiger partial charge in [0.1, 0.15) is 0 Å². The van der Waals surface area contributed by atoms with E-state index in [1.165, 1.54) is 5.56 Å². The molecule has 1 rings (SSSR count). The lowest BCUT2D eigenvalue weighted by Gasteiger charge is -2.10. The first-order valence-corrected chi connectivity index (χ1v) is 6.30. The van der Waals surface area contributed by atoms with Crippen molar-refractivity contribution in [2.24, 2.45) is 5.73 Å². The summed E-state index contributed by atoms with van der Waals surface area (Å²) in [5, 5.41) is 11.7. The lowest BCUT2D eigenvalue weighted by Crippen LogP contribution is -2.36. The zero-order valence-electron chi connectivity index (χ0n) is 9.53. The van der Waals surface area contributed by atoms with Gasteiger partial charge in [-0.1, -0.05) is 28.1 Å². The van der Waals surface area contributed by atoms with Crippen molar-refractivity contribution in [2.75, 3.05) is 13.1 Å². The van der Waals surface area contributed by atoms with Crippen LogP contribution in [0.25, 0.3) is 0 Å². The van der Waals surface area contributed by atoms with Crippen molar-refractivity contribution in [3.8, 4) is 0 Å². The average Bonchev–Trinajstić information content (AvgIpc) is 2.23. The fourth-order valence-electron chi connectivity index (χ4n) is 1.51. The van der Waals surface area contributed by atoms with Crippen LogP contribution in [0.5, 0.6) is 0 Å². The van der Waals surface area contributed by atoms with Crippen LogP contribution < -0.4 is 11.1 Å². The predicted molar refractivity (Wildman–Crippen MR) is 70.9 cm³/mol. The molecule has 1 unspecified atom stereocenters. The van der Waals surface area contributed by atoms with Gasteiger partial charge >= 0.3 is 5.97 Å². The van der Waals surface area contributed by atoms with Crippen LogP contribution in [0.2, 0.25) is 0 Å². The molecule has 1 aromatic carbocycles. The van der Waals surface area contributed by atoms with Crippen molar-refractivity contribution < 1.29 is 9.90 Å². The van der Waals surface area contributed by atoms with E-state index in [0.717, 1.165) is 17.4 Å². The van der Waals surface area contributed by atoms with Crippen molar-refractivity contribution in [1.29, 1.82) is 0 Å². The Hall–Kier alpha value is -0.910. The van der Waals surface area contributed by atoms with Gasteiger partial charge in [-0.2, -0.15) is 0 Å². The van der Waals surface area contributed by atoms with Gasteiger partial charge in [0.25, 0.3) is 0 Å². The van der Waals surface area contributed by atoms with Crippen molar-refractivity contribution in [2.45, 2.75) is 18.9 Å². The van der Waals surface area contributed by atoms with Crippen LogP contribution >= 0.6 is 15.9 Å². The minimum absolute atomic E-state index is 0.00385. The number of nitrogens with one attached hydrogen (secondary N) is 1. The van der Waals surface area contributed by atoms with Crippen molar-refractivity contribution >= 4 is 21.9 Å². The molecule has 0 saturated heterocycles. The maximum atomic E-state index is 10.4. The Morgan fingerprint density at radius 2 is 2.29 bits per heavy atom. The number of aliphatic carboxylic acids is 1. The molecule has 4 nitrogen and oxygen atoms in total. The minimum Gasteiger partial charge on any atom is -0.481 e. The van der Waals surface area contributed by atoms with Gasteiger partial charge in [0.15, 0.2) is 0 Å². The van der Waals surface area contributed by atoms with Gasteiger partial charge in [0, 0.05) is 17.1 Å². The molecule has 0 bridgehead atoms. The molecule has 0 radical (unpaired) electrons. The number of halogens is 1. The third kappa shape index (κ3) is 6.41. The van der Waals surface area contributed by atoms with Gasteiger partial charge in [-0.25, -0.2) is 0 Å². The highest BCUT2D eigenvalue weighted by molar-refractivity contribution is 9.10. The Balaban J connectivity index is 2.18. The number of benzene rings is 1. The molecule has 0 saturated carbocycles. The molecule has 5 heteroatoms. The van der Waals surface area contributed by atoms with E-state index in [9.17, 15) is 4.79 Å². The molecule has 0 fully saturated rings. The fraction of sp³-hybridized carbons (Fsp3) is 0.417. The standard InChI is InChI=1S/C12H17BrN2O2/c13-10-3-1-2-9(6-10)4-5-15-8-11(14)7-12(16)17/h1-3,6,11,15H,4-5,7-8,14H2,(H,16,17). The number of carboxylic acids is 1. The first kappa shape index (κ1) is 14.2. The highest BCUT2D eigenvalue weighted by atomic mass is 79.9. The Bertz CT molecular complexity index is 371. The zero-order chi connectivity index (χ0) is 12.7. The molecule has 0 aromatic heterocycles. The van der Waals surface area contributed by atoms with E-state index in [2.05, 4.69) is 33.4 Å². The molecule has 1 atom stereocenters. The minimum atomic E-state index is -0.855. The Kier molecular flexibility index (Phi) is 6.18. The molecule has 1 aromatic rings. The van der Waals surface area contributed by atoms with Crippen LogP contribution in [-0.2, 0) is 11.2 Å². The zero-order valence-corrected chi connectivity index (χ0v) is 11.1. The number of carboxylic acid groups (broad SMARTS) is 1. The summed E-state index contributed by atoms with van der Waals surface area (Å²) < 4.78 is 1.07. The van der Waals surface area contributed by atoms with Gasteiger partial charge in [-0.3, -0.25) is 4.79 Å². The average molecular weight is 301 g/mol. The maximum Gasteiger partial charge on any atom is 0.304 e. The van der Waals surface area contributed by atoms with Crippen molar-refractivity contribution in [3.05, 3.63) is 34.3 Å². The lowest BCUT2D eigenvalue weighted by molar-refractivity contribution is -0.137. The quantitative estimate of drug-likeness (QED) is 0.665. The topological polar surface area (TPSA) is 75.3 Å². The largest absolute Gasteiger partial charge is 0.481 e. The Labute approximate surface area is 109 Å². The van der Waals surface area contributed by atoms with Crippen LogP contribution in [0.1, 0.15) is 12.0 Å². The molecule has 0 aliphatic rings. The molecular weight excluding hydrogens is 284 g/mol. The number of hydrogen-bond donors (Lipinski definition) is 3. The van der Waals surface area contributed by atoms with E-state index in [-0.39, 0.29) is 12.5 Å². The van der Waals surface area contributed by atoms with E-state index < -0.39 is 5.97 Å². The molecule has 4 N–H and O–H groups in total. The van der Waals surface area contributed by atoms with E-state index in [1.54, 1.807) is 0 Å². The molecule has 0 aliphatic heterocycles. The third-order valence-electron chi connectivity index (χ3n) is 2.32. The summed E-state index contributed by atoms with van der Waals surface area (Å²) in [6, 6.07) is 7.78. The highest BCUT2D eigenvalue weighted by Gasteiger charge is 2.06. The molecule has 0 amide bonds. The Morgan fingerprint density at radius 3 is 2.94 bits per heavy atom. The summed E-state index contributed by atoms with van der Waals surface area (Å²) >= 11 is 3.42. The fourth-order valence-corrected chi connectivity index (χ4v) is 1.96. The predicted octanol–water partition coefficient (Wildman–Crippen LogP) is 1.38. The number of hydrogen-bond acceptors (Lipinski definition) is 3. The Morgan fingerprint density at radius 1 is 1.53 bits per heavy atom. The summed E-state index contributed by atoms with van der Waals surface area (Å²) in [6.45, 7) is 1.32. The van der Waals surface area contributed by atoms with Crippen molar-refractivity contribution in [1.82, 2.24) is 5.32 Å². The van der Waals surface area contributed by atoms with Gasteiger partial charge in [0.05, 0.1) is 6.42 Å². The first-order chi connectivity index (χ1) is 8.08. The van der Waals surface area contributed by atoms with Crippen LogP contribution in [-0.4, -0.2) is 30.2 Å². The monoisotopic (exact) mass is 300 g/mol. The normalized spacial score (nSPS) is 12.4. The molecule has 17 heavy (non-hydrogen) atoms. The number of carbonyl (C=O) groups is 1. The second-order valence-electron chi connectivity index (χ2n) is 3.94. The van der Waals surface area contributed by atoms with Gasteiger partial charge in [-0.15, -0.1) is 0 Å². The summed E-state index contributed by atoms with van der Waals surface area (Å²) in [6.07, 6.45) is 0.906. The van der Waals surface area contributed by atoms with E-state index in [1.807, 2.05) is 12.1 Å². The van der Waals surface area contributed by atoms with Gasteiger partial charge < -0.3 is 16.2 Å². The number of rotatable bonds is 7. The molecule has 0 heterocycles. The number of nitrogens with two attached hydrogens (primary N) is 1. The van der Waals surface area contributed by atoms with Crippen molar-refractivity contribution in [3.63, 3.8) is 0 Å². The summed E-state index contributed by atoms with van der Waals surface area (Å²) in [7, 11) is 0. The van der Waals surface area contributed by atoms with Crippen LogP contribution in [0.15, 0.2) is 28.7 Å². The SMILES string of the molecule is NC(CNCCc1cccc(Br)c1)CC(=O)O. The summed E-state index contributed by atoms with van der Waals surface area (Å²) in [5.74, 6) is -0.855. The lowest BCUT2D eigenvalue weighted by atomic mass is 10.1. The second-order valence-corrected chi connectivity index (χ2v) is 4.86. The van der Waals surface area contributed by atoms with E-state index in [0.29, 0.717) is 6.54 Å². The molecule has 0 aliphatic carbocycles. The van der Waals surface area contributed by atoms with Gasteiger partial charge in [0.2, 0.25) is 0 Å². The molecular formula is C12H17BrN2O2. The van der Waals surface area contributed by atoms with Crippen LogP contribution in [0.4, 0.5) is 0 Å². The van der Waals surface area contributed by atoms with Gasteiger partial charge in [-0.05, 0) is 30.7 Å². The second kappa shape index (κ2) is 7.42. The molecule has 0 spiro atoms. The molecule has 94 valence electrons. The smallest absolute Gasteiger partial charge is 0.304 e. The first-order valence-electron chi connectivity index (χ1n) is 5.50. The van der Waals surface area contributed by atoms with E-state index >= 15 is 0 Å². The highest BCUT2D eigenvalue weighted by Crippen LogP contribution is 2.11. The summed E-state index contributed by atoms with van der Waals surface area (Å²) in [4.78, 5) is 10.4. The van der Waals surface area contributed by atoms with Crippen LogP contribution in [0.3, 0.4) is 0 Å². The maximum absolute atomic E-state index is 10.4. The summed E-state index contributed by atoms with van der Waals surface area (Å²) in [5.41, 5.74) is 6.86.